The molecule has 0 radical (unpaired) electrons. The number of aromatic nitrogens is 3. The van der Waals surface area contributed by atoms with E-state index in [2.05, 4.69) is 30.9 Å². The first-order valence-corrected chi connectivity index (χ1v) is 14.3. The van der Waals surface area contributed by atoms with Crippen LogP contribution >= 0.6 is 11.6 Å². The third kappa shape index (κ3) is 9.50. The average molecular weight is 664 g/mol. The van der Waals surface area contributed by atoms with Crippen molar-refractivity contribution in [1.29, 1.82) is 0 Å². The molecule has 13 nitrogen and oxygen atoms in total. The Hall–Kier alpha value is -4.99. The summed E-state index contributed by atoms with van der Waals surface area (Å²) in [6.45, 7) is -0.0299. The molecule has 5 N–H and O–H groups in total. The van der Waals surface area contributed by atoms with Gasteiger partial charge in [0.15, 0.2) is 6.61 Å². The third-order valence-corrected chi connectivity index (χ3v) is 6.94. The van der Waals surface area contributed by atoms with Gasteiger partial charge in [0.25, 0.3) is 11.8 Å². The lowest BCUT2D eigenvalue weighted by atomic mass is 10.1. The van der Waals surface area contributed by atoms with Crippen LogP contribution in [0.2, 0.25) is 5.02 Å². The van der Waals surface area contributed by atoms with Crippen LogP contribution in [0.4, 0.5) is 30.8 Å². The number of carbonyl (C=O) groups is 4. The van der Waals surface area contributed by atoms with Gasteiger partial charge >= 0.3 is 18.2 Å². The van der Waals surface area contributed by atoms with E-state index in [1.165, 1.54) is 24.3 Å². The zero-order chi connectivity index (χ0) is 33.5. The molecular formula is C29H29ClF3N7O6. The van der Waals surface area contributed by atoms with Crippen LogP contribution in [0.5, 0.6) is 6.01 Å². The highest BCUT2D eigenvalue weighted by Crippen LogP contribution is 2.48. The number of nitrogens with zero attached hydrogens (tertiary/aromatic N) is 3. The highest BCUT2D eigenvalue weighted by Gasteiger charge is 2.45. The van der Waals surface area contributed by atoms with Crippen LogP contribution in [0.15, 0.2) is 48.5 Å². The predicted molar refractivity (Wildman–Crippen MR) is 158 cm³/mol. The summed E-state index contributed by atoms with van der Waals surface area (Å²) >= 11 is 6.00. The Kier molecular flexibility index (Phi) is 10.6. The monoisotopic (exact) mass is 663 g/mol. The van der Waals surface area contributed by atoms with Gasteiger partial charge in [0.05, 0.1) is 12.1 Å². The molecule has 4 rings (SSSR count). The van der Waals surface area contributed by atoms with Gasteiger partial charge < -0.3 is 31.2 Å². The molecule has 2 aromatic carbocycles. The Labute approximate surface area is 265 Å². The first-order chi connectivity index (χ1) is 21.8. The van der Waals surface area contributed by atoms with Crippen molar-refractivity contribution in [2.45, 2.75) is 50.4 Å². The van der Waals surface area contributed by atoms with Crippen molar-refractivity contribution in [2.75, 3.05) is 23.8 Å². The largest absolute Gasteiger partial charge is 0.464 e. The van der Waals surface area contributed by atoms with Crippen LogP contribution < -0.4 is 26.4 Å². The Bertz CT molecular complexity index is 1590. The maximum atomic E-state index is 12.9. The number of benzene rings is 2. The van der Waals surface area contributed by atoms with Crippen LogP contribution in [0.1, 0.15) is 48.5 Å². The van der Waals surface area contributed by atoms with Gasteiger partial charge in [-0.2, -0.15) is 28.1 Å². The van der Waals surface area contributed by atoms with Gasteiger partial charge in [-0.1, -0.05) is 23.7 Å². The SMILES string of the molecule is CCOC(=O)[C@H](CCC(=O)C(N)=O)NC(=O)c1ccc(Nc2nc(NC3(c4ccc(Cl)cc4)CC3)nc(OCC(F)(F)F)n2)cc1. The van der Waals surface area contributed by atoms with E-state index in [4.69, 9.17) is 26.8 Å². The van der Waals surface area contributed by atoms with Crippen LogP contribution in [0, 0.1) is 0 Å². The Morgan fingerprint density at radius 2 is 1.65 bits per heavy atom. The number of rotatable bonds is 15. The number of ether oxygens (including phenoxy) is 2. The van der Waals surface area contributed by atoms with E-state index in [0.717, 1.165) is 5.56 Å². The zero-order valence-corrected chi connectivity index (χ0v) is 25.1. The minimum absolute atomic E-state index is 0.0225. The minimum atomic E-state index is -4.63. The molecule has 0 aliphatic heterocycles. The maximum absolute atomic E-state index is 12.9. The van der Waals surface area contributed by atoms with Gasteiger partial charge in [-0.25, -0.2) is 4.79 Å². The fraction of sp³-hybridized carbons (Fsp3) is 0.345. The smallest absolute Gasteiger partial charge is 0.422 e. The number of halogens is 4. The van der Waals surface area contributed by atoms with E-state index in [1.54, 1.807) is 19.1 Å². The highest BCUT2D eigenvalue weighted by molar-refractivity contribution is 6.35. The number of primary amides is 1. The first-order valence-electron chi connectivity index (χ1n) is 13.9. The predicted octanol–water partition coefficient (Wildman–Crippen LogP) is 3.81. The standard InChI is InChI=1S/C29H29ClF3N7O6/c1-2-45-24(44)20(11-12-21(41)22(34)42)36-23(43)16-3-9-19(10-4-16)35-25-37-26(39-27(38-25)46-15-29(31,32)33)40-28(13-14-28)17-5-7-18(30)8-6-17/h3-10,20H,2,11-15H2,1H3,(H2,34,42)(H,36,43)(H2,35,37,38,39,40)/t20-/m0/s1. The van der Waals surface area contributed by atoms with Crippen molar-refractivity contribution in [3.05, 3.63) is 64.7 Å². The zero-order valence-electron chi connectivity index (χ0n) is 24.3. The summed E-state index contributed by atoms with van der Waals surface area (Å²) in [7, 11) is 0. The molecule has 1 saturated carbocycles. The van der Waals surface area contributed by atoms with E-state index >= 15 is 0 Å². The Morgan fingerprint density at radius 3 is 2.24 bits per heavy atom. The number of anilines is 3. The summed E-state index contributed by atoms with van der Waals surface area (Å²) in [6.07, 6.45) is -3.79. The van der Waals surface area contributed by atoms with E-state index in [-0.39, 0.29) is 36.9 Å². The number of esters is 1. The summed E-state index contributed by atoms with van der Waals surface area (Å²) in [5, 5.41) is 9.04. The molecule has 1 heterocycles. The van der Waals surface area contributed by atoms with Crippen molar-refractivity contribution in [2.24, 2.45) is 5.73 Å². The molecule has 17 heteroatoms. The lowest BCUT2D eigenvalue weighted by Gasteiger charge is -2.19. The molecule has 3 aromatic rings. The lowest BCUT2D eigenvalue weighted by molar-refractivity contribution is -0.154. The fourth-order valence-electron chi connectivity index (χ4n) is 4.24. The van der Waals surface area contributed by atoms with Gasteiger partial charge in [0.1, 0.15) is 6.04 Å². The average Bonchev–Trinajstić information content (AvgIpc) is 3.78. The molecule has 1 aliphatic rings. The lowest BCUT2D eigenvalue weighted by Crippen LogP contribution is -2.42. The van der Waals surface area contributed by atoms with E-state index < -0.39 is 53.9 Å². The maximum Gasteiger partial charge on any atom is 0.422 e. The number of carbonyl (C=O) groups excluding carboxylic acids is 4. The number of nitrogens with one attached hydrogen (secondary N) is 3. The molecule has 2 amide bonds. The van der Waals surface area contributed by atoms with Gasteiger partial charge in [-0.3, -0.25) is 14.4 Å². The van der Waals surface area contributed by atoms with Gasteiger partial charge in [-0.15, -0.1) is 0 Å². The highest BCUT2D eigenvalue weighted by atomic mass is 35.5. The molecule has 1 aromatic heterocycles. The van der Waals surface area contributed by atoms with Crippen LogP contribution in [0.25, 0.3) is 0 Å². The normalized spacial score (nSPS) is 14.0. The number of ketones is 1. The van der Waals surface area contributed by atoms with Crippen LogP contribution in [-0.2, 0) is 24.7 Å². The van der Waals surface area contributed by atoms with Crippen molar-refractivity contribution in [1.82, 2.24) is 20.3 Å². The van der Waals surface area contributed by atoms with Gasteiger partial charge in [-0.05, 0) is 68.1 Å². The van der Waals surface area contributed by atoms with E-state index in [1.807, 2.05) is 12.1 Å². The molecule has 0 unspecified atom stereocenters. The number of hydrogen-bond acceptors (Lipinski definition) is 11. The second-order valence-corrected chi connectivity index (χ2v) is 10.6. The van der Waals surface area contributed by atoms with E-state index in [0.29, 0.717) is 23.6 Å². The second kappa shape index (κ2) is 14.4. The molecule has 1 aliphatic carbocycles. The quantitative estimate of drug-likeness (QED) is 0.137. The Morgan fingerprint density at radius 1 is 1.00 bits per heavy atom. The second-order valence-electron chi connectivity index (χ2n) is 10.2. The number of Topliss-reactive ketones (excluding diaryl/α,β-unsaturated/α-hetero) is 1. The van der Waals surface area contributed by atoms with Crippen molar-refractivity contribution in [3.63, 3.8) is 0 Å². The van der Waals surface area contributed by atoms with Gasteiger partial charge in [0, 0.05) is 22.7 Å². The first kappa shape index (κ1) is 33.9. The van der Waals surface area contributed by atoms with Crippen LogP contribution in [0.3, 0.4) is 0 Å². The summed E-state index contributed by atoms with van der Waals surface area (Å²) in [6, 6.07) is 11.1. The van der Waals surface area contributed by atoms with Crippen molar-refractivity contribution >= 4 is 52.8 Å². The molecule has 1 fully saturated rings. The summed E-state index contributed by atoms with van der Waals surface area (Å²) in [4.78, 5) is 60.1. The number of amides is 2. The molecule has 0 bridgehead atoms. The molecule has 0 saturated heterocycles. The third-order valence-electron chi connectivity index (χ3n) is 6.69. The Balaban J connectivity index is 1.49. The summed E-state index contributed by atoms with van der Waals surface area (Å²) in [5.74, 6) is -3.70. The number of hydrogen-bond donors (Lipinski definition) is 4. The number of alkyl halides is 3. The molecule has 0 spiro atoms. The van der Waals surface area contributed by atoms with Crippen molar-refractivity contribution < 1.29 is 41.8 Å². The molecule has 1 atom stereocenters. The minimum Gasteiger partial charge on any atom is -0.464 e. The topological polar surface area (TPSA) is 188 Å². The summed E-state index contributed by atoms with van der Waals surface area (Å²) in [5.41, 5.74) is 5.77. The van der Waals surface area contributed by atoms with Crippen LogP contribution in [-0.4, -0.2) is 64.0 Å². The van der Waals surface area contributed by atoms with E-state index in [9.17, 15) is 32.3 Å². The van der Waals surface area contributed by atoms with Gasteiger partial charge in [0.2, 0.25) is 17.7 Å². The fourth-order valence-corrected chi connectivity index (χ4v) is 4.37. The molecular weight excluding hydrogens is 635 g/mol. The number of nitrogens with two attached hydrogens (primary N) is 1. The molecule has 46 heavy (non-hydrogen) atoms. The molecule has 244 valence electrons. The summed E-state index contributed by atoms with van der Waals surface area (Å²) < 4.78 is 48.3. The van der Waals surface area contributed by atoms with Crippen molar-refractivity contribution in [3.8, 4) is 6.01 Å².